The molecule has 4 aliphatic rings. The highest BCUT2D eigenvalue weighted by Gasteiger charge is 2.45. The monoisotopic (exact) mass is 558 g/mol. The van der Waals surface area contributed by atoms with Gasteiger partial charge < -0.3 is 15.1 Å². The number of carbonyl (C=O) groups excluding carboxylic acids is 3. The molecule has 2 heterocycles. The van der Waals surface area contributed by atoms with Crippen molar-refractivity contribution in [1.29, 1.82) is 0 Å². The molecule has 2 aliphatic heterocycles. The molecule has 0 bridgehead atoms. The minimum Gasteiger partial charge on any atom is -0.344 e. The quantitative estimate of drug-likeness (QED) is 0.575. The van der Waals surface area contributed by atoms with Gasteiger partial charge >= 0.3 is 0 Å². The number of nitrogens with zero attached hydrogens (tertiary/aromatic N) is 3. The Labute approximate surface area is 236 Å². The molecule has 40 heavy (non-hydrogen) atoms. The van der Waals surface area contributed by atoms with Crippen LogP contribution < -0.4 is 5.32 Å². The number of hydrogen-bond acceptors (Lipinski definition) is 4. The minimum absolute atomic E-state index is 0.00133. The number of amides is 3. The summed E-state index contributed by atoms with van der Waals surface area (Å²) in [4.78, 5) is 46.0. The summed E-state index contributed by atoms with van der Waals surface area (Å²) in [5.74, 6) is -1.93. The van der Waals surface area contributed by atoms with Crippen molar-refractivity contribution in [2.24, 2.45) is 17.8 Å². The lowest BCUT2D eigenvalue weighted by Gasteiger charge is -2.40. The average molecular weight is 559 g/mol. The first kappa shape index (κ1) is 29.0. The van der Waals surface area contributed by atoms with Gasteiger partial charge in [-0.1, -0.05) is 25.3 Å². The number of benzene rings is 1. The van der Waals surface area contributed by atoms with Crippen LogP contribution in [0.1, 0.15) is 77.2 Å². The Morgan fingerprint density at radius 1 is 0.900 bits per heavy atom. The third kappa shape index (κ3) is 6.34. The third-order valence-electron chi connectivity index (χ3n) is 9.48. The molecule has 1 N–H and O–H groups in total. The van der Waals surface area contributed by atoms with Gasteiger partial charge in [0, 0.05) is 62.7 Å². The maximum Gasteiger partial charge on any atom is 0.245 e. The van der Waals surface area contributed by atoms with Crippen molar-refractivity contribution in [2.45, 2.75) is 83.2 Å². The summed E-state index contributed by atoms with van der Waals surface area (Å²) in [6.45, 7) is 8.89. The van der Waals surface area contributed by atoms with Crippen molar-refractivity contribution < 1.29 is 23.2 Å². The second-order valence-electron chi connectivity index (χ2n) is 13.3. The summed E-state index contributed by atoms with van der Waals surface area (Å²) in [6.07, 6.45) is 7.03. The van der Waals surface area contributed by atoms with Gasteiger partial charge in [0.25, 0.3) is 0 Å². The van der Waals surface area contributed by atoms with E-state index in [2.05, 4.69) is 31.0 Å². The highest BCUT2D eigenvalue weighted by Crippen LogP contribution is 2.39. The van der Waals surface area contributed by atoms with Gasteiger partial charge in [-0.3, -0.25) is 19.3 Å². The molecule has 7 nitrogen and oxygen atoms in total. The van der Waals surface area contributed by atoms with Crippen LogP contribution in [0.2, 0.25) is 0 Å². The summed E-state index contributed by atoms with van der Waals surface area (Å²) in [5.41, 5.74) is 0.176. The van der Waals surface area contributed by atoms with Crippen LogP contribution in [0.5, 0.6) is 0 Å². The van der Waals surface area contributed by atoms with Crippen LogP contribution >= 0.6 is 0 Å². The fraction of sp³-hybridized carbons (Fsp3) is 0.710. The molecule has 3 amide bonds. The van der Waals surface area contributed by atoms with E-state index in [1.165, 1.54) is 18.6 Å². The predicted molar refractivity (Wildman–Crippen MR) is 148 cm³/mol. The van der Waals surface area contributed by atoms with Crippen LogP contribution in [-0.4, -0.2) is 83.3 Å². The molecular weight excluding hydrogens is 514 g/mol. The second-order valence-corrected chi connectivity index (χ2v) is 13.3. The third-order valence-corrected chi connectivity index (χ3v) is 9.48. The van der Waals surface area contributed by atoms with Crippen LogP contribution in [-0.2, 0) is 14.4 Å². The van der Waals surface area contributed by atoms with Crippen molar-refractivity contribution in [1.82, 2.24) is 20.0 Å². The van der Waals surface area contributed by atoms with Gasteiger partial charge in [-0.15, -0.1) is 0 Å². The minimum atomic E-state index is -0.629. The number of piperazine rings is 1. The zero-order valence-corrected chi connectivity index (χ0v) is 24.1. The molecule has 0 unspecified atom stereocenters. The Bertz CT molecular complexity index is 1100. The molecule has 0 aromatic heterocycles. The molecule has 220 valence electrons. The molecule has 4 fully saturated rings. The lowest BCUT2D eigenvalue weighted by molar-refractivity contribution is -0.145. The highest BCUT2D eigenvalue weighted by atomic mass is 19.1. The van der Waals surface area contributed by atoms with E-state index in [0.717, 1.165) is 44.6 Å². The lowest BCUT2D eigenvalue weighted by atomic mass is 9.83. The first-order valence-electron chi connectivity index (χ1n) is 15.1. The smallest absolute Gasteiger partial charge is 0.245 e. The first-order valence-corrected chi connectivity index (χ1v) is 15.1. The maximum atomic E-state index is 14.9. The van der Waals surface area contributed by atoms with Gasteiger partial charge in [-0.2, -0.15) is 0 Å². The fourth-order valence-corrected chi connectivity index (χ4v) is 6.76. The Kier molecular flexibility index (Phi) is 8.50. The standard InChI is InChI=1S/C31H44F2N4O3/c1-31(2,3)37-18-24(23-12-11-22(32)17-26(23)33)25(19-37)29(39)35-13-15-36(16-14-35)30(40)27(20-7-5-4-6-8-20)34-28(38)21-9-10-21/h11-12,17,20-21,24-25,27H,4-10,13-16,18-19H2,1-3H3,(H,34,38)/t24-,25+,27-/m0/s1. The van der Waals surface area contributed by atoms with Gasteiger partial charge in [-0.05, 0) is 64.0 Å². The molecule has 1 aromatic rings. The van der Waals surface area contributed by atoms with Crippen LogP contribution in [0.4, 0.5) is 8.78 Å². The molecule has 9 heteroatoms. The molecular formula is C31H44F2N4O3. The van der Waals surface area contributed by atoms with E-state index in [4.69, 9.17) is 0 Å². The van der Waals surface area contributed by atoms with Crippen LogP contribution in [0.15, 0.2) is 18.2 Å². The normalized spacial score (nSPS) is 25.6. The predicted octanol–water partition coefficient (Wildman–Crippen LogP) is 3.92. The first-order chi connectivity index (χ1) is 19.0. The summed E-state index contributed by atoms with van der Waals surface area (Å²) in [5, 5.41) is 3.10. The van der Waals surface area contributed by atoms with E-state index in [1.807, 2.05) is 4.90 Å². The zero-order chi connectivity index (χ0) is 28.6. The average Bonchev–Trinajstić information content (AvgIpc) is 3.69. The number of nitrogens with one attached hydrogen (secondary N) is 1. The number of carbonyl (C=O) groups is 3. The SMILES string of the molecule is CC(C)(C)N1C[C@@H](C(=O)N2CCN(C(=O)[C@@H](NC(=O)C3CC3)C3CCCCC3)CC2)[C@H](c2ccc(F)cc2F)C1. The van der Waals surface area contributed by atoms with E-state index in [0.29, 0.717) is 44.8 Å². The van der Waals surface area contributed by atoms with Gasteiger partial charge in [0.15, 0.2) is 0 Å². The number of halogens is 2. The van der Waals surface area contributed by atoms with E-state index in [-0.39, 0.29) is 41.0 Å². The van der Waals surface area contributed by atoms with E-state index < -0.39 is 23.6 Å². The van der Waals surface area contributed by atoms with E-state index in [9.17, 15) is 23.2 Å². The van der Waals surface area contributed by atoms with E-state index >= 15 is 0 Å². The summed E-state index contributed by atoms with van der Waals surface area (Å²) in [7, 11) is 0. The molecule has 0 radical (unpaired) electrons. The Balaban J connectivity index is 1.26. The lowest BCUT2D eigenvalue weighted by Crippen LogP contribution is -2.58. The molecule has 0 spiro atoms. The molecule has 2 saturated carbocycles. The van der Waals surface area contributed by atoms with Crippen LogP contribution in [0, 0.1) is 29.4 Å². The van der Waals surface area contributed by atoms with Crippen LogP contribution in [0.25, 0.3) is 0 Å². The van der Waals surface area contributed by atoms with Crippen molar-refractivity contribution >= 4 is 17.7 Å². The topological polar surface area (TPSA) is 73.0 Å². The number of likely N-dealkylation sites (tertiary alicyclic amines) is 1. The number of rotatable bonds is 6. The molecule has 5 rings (SSSR count). The van der Waals surface area contributed by atoms with Gasteiger partial charge in [0.1, 0.15) is 17.7 Å². The van der Waals surface area contributed by atoms with Gasteiger partial charge in [-0.25, -0.2) is 8.78 Å². The van der Waals surface area contributed by atoms with Crippen molar-refractivity contribution in [3.8, 4) is 0 Å². The molecule has 3 atom stereocenters. The van der Waals surface area contributed by atoms with Gasteiger partial charge in [0.2, 0.25) is 17.7 Å². The fourth-order valence-electron chi connectivity index (χ4n) is 6.76. The van der Waals surface area contributed by atoms with Crippen molar-refractivity contribution in [3.05, 3.63) is 35.4 Å². The van der Waals surface area contributed by atoms with Gasteiger partial charge in [0.05, 0.1) is 5.92 Å². The van der Waals surface area contributed by atoms with Crippen molar-refractivity contribution in [3.63, 3.8) is 0 Å². The Morgan fingerprint density at radius 2 is 1.55 bits per heavy atom. The summed E-state index contributed by atoms with van der Waals surface area (Å²) >= 11 is 0. The molecule has 2 saturated heterocycles. The number of hydrogen-bond donors (Lipinski definition) is 1. The Morgan fingerprint density at radius 3 is 2.15 bits per heavy atom. The maximum absolute atomic E-state index is 14.9. The molecule has 1 aromatic carbocycles. The molecule has 2 aliphatic carbocycles. The Hall–Kier alpha value is -2.55. The van der Waals surface area contributed by atoms with E-state index in [1.54, 1.807) is 4.90 Å². The largest absolute Gasteiger partial charge is 0.344 e. The van der Waals surface area contributed by atoms with Crippen molar-refractivity contribution in [2.75, 3.05) is 39.3 Å². The summed E-state index contributed by atoms with van der Waals surface area (Å²) < 4.78 is 28.5. The zero-order valence-electron chi connectivity index (χ0n) is 24.1. The van der Waals surface area contributed by atoms with Crippen LogP contribution in [0.3, 0.4) is 0 Å². The second kappa shape index (κ2) is 11.7. The summed E-state index contributed by atoms with van der Waals surface area (Å²) in [6, 6.07) is 3.14. The highest BCUT2D eigenvalue weighted by molar-refractivity contribution is 5.90.